The van der Waals surface area contributed by atoms with E-state index in [4.69, 9.17) is 0 Å². The average molecular weight is 399 g/mol. The molecule has 0 bridgehead atoms. The van der Waals surface area contributed by atoms with Gasteiger partial charge < -0.3 is 15.5 Å². The molecule has 1 atom stereocenters. The number of halogens is 1. The fraction of sp³-hybridized carbons (Fsp3) is 0.333. The number of carbonyl (C=O) groups excluding carboxylic acids is 2. The lowest BCUT2D eigenvalue weighted by Crippen LogP contribution is -2.44. The van der Waals surface area contributed by atoms with Gasteiger partial charge in [-0.05, 0) is 42.7 Å². The molecule has 0 spiro atoms. The standard InChI is InChI=1S/C21H22FN3O2S/c22-16-5-2-1-4-15(16)13-28-11-9-23-20(26)14-7-8-18-17(12-14)24-21(27)19-6-3-10-25(18)19/h1-2,4-5,7-8,12,19H,3,6,9-11,13H2,(H,23,26)(H,24,27)/t19-/m1/s1. The summed E-state index contributed by atoms with van der Waals surface area (Å²) in [5.74, 6) is 0.899. The molecule has 1 saturated heterocycles. The van der Waals surface area contributed by atoms with Gasteiger partial charge in [-0.15, -0.1) is 0 Å². The number of carbonyl (C=O) groups is 2. The molecule has 0 unspecified atom stereocenters. The van der Waals surface area contributed by atoms with E-state index in [0.29, 0.717) is 34.9 Å². The molecule has 0 radical (unpaired) electrons. The van der Waals surface area contributed by atoms with Crippen molar-refractivity contribution in [1.29, 1.82) is 0 Å². The Hall–Kier alpha value is -2.54. The Labute approximate surface area is 167 Å². The van der Waals surface area contributed by atoms with Crippen molar-refractivity contribution in [2.24, 2.45) is 0 Å². The molecule has 0 aromatic heterocycles. The van der Waals surface area contributed by atoms with E-state index in [2.05, 4.69) is 15.5 Å². The van der Waals surface area contributed by atoms with Crippen LogP contribution in [-0.4, -0.2) is 36.7 Å². The van der Waals surface area contributed by atoms with Gasteiger partial charge in [-0.2, -0.15) is 11.8 Å². The molecular weight excluding hydrogens is 377 g/mol. The zero-order valence-corrected chi connectivity index (χ0v) is 16.2. The Morgan fingerprint density at radius 3 is 3.00 bits per heavy atom. The highest BCUT2D eigenvalue weighted by molar-refractivity contribution is 7.98. The van der Waals surface area contributed by atoms with Crippen LogP contribution in [0.1, 0.15) is 28.8 Å². The molecule has 2 amide bonds. The van der Waals surface area contributed by atoms with Crippen molar-refractivity contribution in [1.82, 2.24) is 5.32 Å². The Bertz CT molecular complexity index is 905. The van der Waals surface area contributed by atoms with E-state index < -0.39 is 0 Å². The topological polar surface area (TPSA) is 61.4 Å². The summed E-state index contributed by atoms with van der Waals surface area (Å²) in [7, 11) is 0. The van der Waals surface area contributed by atoms with Crippen LogP contribution in [-0.2, 0) is 10.5 Å². The van der Waals surface area contributed by atoms with Crippen molar-refractivity contribution in [2.75, 3.05) is 29.1 Å². The number of hydrogen-bond acceptors (Lipinski definition) is 4. The lowest BCUT2D eigenvalue weighted by atomic mass is 10.1. The molecule has 0 aliphatic carbocycles. The third-order valence-corrected chi connectivity index (χ3v) is 6.14. The van der Waals surface area contributed by atoms with Gasteiger partial charge >= 0.3 is 0 Å². The first-order chi connectivity index (χ1) is 13.6. The van der Waals surface area contributed by atoms with Gasteiger partial charge in [0.15, 0.2) is 0 Å². The van der Waals surface area contributed by atoms with E-state index >= 15 is 0 Å². The average Bonchev–Trinajstić information content (AvgIpc) is 3.19. The number of anilines is 2. The molecule has 5 nitrogen and oxygen atoms in total. The molecule has 2 aromatic rings. The molecule has 2 aromatic carbocycles. The molecule has 7 heteroatoms. The molecule has 4 rings (SSSR count). The minimum Gasteiger partial charge on any atom is -0.358 e. The molecule has 2 N–H and O–H groups in total. The van der Waals surface area contributed by atoms with Crippen molar-refractivity contribution in [3.05, 3.63) is 59.4 Å². The molecular formula is C21H22FN3O2S. The van der Waals surface area contributed by atoms with E-state index in [-0.39, 0.29) is 23.7 Å². The minimum atomic E-state index is -0.199. The van der Waals surface area contributed by atoms with Gasteiger partial charge in [0.05, 0.1) is 11.4 Å². The highest BCUT2D eigenvalue weighted by atomic mass is 32.2. The first-order valence-corrected chi connectivity index (χ1v) is 10.6. The van der Waals surface area contributed by atoms with Crippen LogP contribution < -0.4 is 15.5 Å². The highest BCUT2D eigenvalue weighted by Crippen LogP contribution is 2.37. The Morgan fingerprint density at radius 1 is 1.29 bits per heavy atom. The summed E-state index contributed by atoms with van der Waals surface area (Å²) >= 11 is 1.57. The van der Waals surface area contributed by atoms with Gasteiger partial charge in [0.2, 0.25) is 5.91 Å². The summed E-state index contributed by atoms with van der Waals surface area (Å²) in [6.45, 7) is 1.37. The maximum Gasteiger partial charge on any atom is 0.251 e. The van der Waals surface area contributed by atoms with E-state index in [9.17, 15) is 14.0 Å². The van der Waals surface area contributed by atoms with Crippen LogP contribution in [0.5, 0.6) is 0 Å². The fourth-order valence-electron chi connectivity index (χ4n) is 3.71. The SMILES string of the molecule is O=C(NCCSCc1ccccc1F)c1ccc2c(c1)NC(=O)[C@H]1CCCN21. The predicted octanol–water partition coefficient (Wildman–Crippen LogP) is 3.41. The van der Waals surface area contributed by atoms with Crippen molar-refractivity contribution in [3.63, 3.8) is 0 Å². The second kappa shape index (κ2) is 8.22. The van der Waals surface area contributed by atoms with Crippen molar-refractivity contribution in [2.45, 2.75) is 24.6 Å². The number of hydrogen-bond donors (Lipinski definition) is 2. The molecule has 2 aliphatic rings. The second-order valence-corrected chi connectivity index (χ2v) is 8.08. The van der Waals surface area contributed by atoms with Crippen molar-refractivity contribution >= 4 is 35.0 Å². The Kier molecular flexibility index (Phi) is 5.52. The summed E-state index contributed by atoms with van der Waals surface area (Å²) in [5, 5.41) is 5.81. The molecule has 2 aliphatic heterocycles. The normalized spacial score (nSPS) is 17.7. The largest absolute Gasteiger partial charge is 0.358 e. The minimum absolute atomic E-state index is 0.00658. The van der Waals surface area contributed by atoms with E-state index in [0.717, 1.165) is 25.1 Å². The third kappa shape index (κ3) is 3.85. The van der Waals surface area contributed by atoms with Crippen molar-refractivity contribution < 1.29 is 14.0 Å². The summed E-state index contributed by atoms with van der Waals surface area (Å²) in [5.41, 5.74) is 2.88. The van der Waals surface area contributed by atoms with E-state index in [1.165, 1.54) is 6.07 Å². The first-order valence-electron chi connectivity index (χ1n) is 9.44. The van der Waals surface area contributed by atoms with Gasteiger partial charge in [0.25, 0.3) is 5.91 Å². The number of amides is 2. The second-order valence-electron chi connectivity index (χ2n) is 6.97. The lowest BCUT2D eigenvalue weighted by molar-refractivity contribution is -0.117. The fourth-order valence-corrected chi connectivity index (χ4v) is 4.55. The smallest absolute Gasteiger partial charge is 0.251 e. The zero-order valence-electron chi connectivity index (χ0n) is 15.4. The summed E-state index contributed by atoms with van der Waals surface area (Å²) < 4.78 is 13.6. The molecule has 0 saturated carbocycles. The maximum absolute atomic E-state index is 13.6. The Balaban J connectivity index is 1.30. The summed E-state index contributed by atoms with van der Waals surface area (Å²) in [4.78, 5) is 26.8. The van der Waals surface area contributed by atoms with E-state index in [1.807, 2.05) is 12.1 Å². The summed E-state index contributed by atoms with van der Waals surface area (Å²) in [6, 6.07) is 12.1. The quantitative estimate of drug-likeness (QED) is 0.731. The third-order valence-electron chi connectivity index (χ3n) is 5.13. The number of thioether (sulfide) groups is 1. The Morgan fingerprint density at radius 2 is 2.14 bits per heavy atom. The number of nitrogens with one attached hydrogen (secondary N) is 2. The summed E-state index contributed by atoms with van der Waals surface area (Å²) in [6.07, 6.45) is 1.88. The molecule has 146 valence electrons. The van der Waals surface area contributed by atoms with Gasteiger partial charge in [-0.25, -0.2) is 4.39 Å². The number of benzene rings is 2. The van der Waals surface area contributed by atoms with Crippen LogP contribution in [0.2, 0.25) is 0 Å². The zero-order chi connectivity index (χ0) is 19.5. The maximum atomic E-state index is 13.6. The van der Waals surface area contributed by atoms with Crippen LogP contribution >= 0.6 is 11.8 Å². The highest BCUT2D eigenvalue weighted by Gasteiger charge is 2.36. The predicted molar refractivity (Wildman–Crippen MR) is 110 cm³/mol. The van der Waals surface area contributed by atoms with Crippen LogP contribution in [0.3, 0.4) is 0 Å². The number of nitrogens with zero attached hydrogens (tertiary/aromatic N) is 1. The monoisotopic (exact) mass is 399 g/mol. The van der Waals surface area contributed by atoms with E-state index in [1.54, 1.807) is 36.0 Å². The molecule has 28 heavy (non-hydrogen) atoms. The van der Waals surface area contributed by atoms with Crippen molar-refractivity contribution in [3.8, 4) is 0 Å². The van der Waals surface area contributed by atoms with Gasteiger partial charge in [0, 0.05) is 30.2 Å². The first kappa shape index (κ1) is 18.8. The number of fused-ring (bicyclic) bond motifs is 3. The molecule has 1 fully saturated rings. The molecule has 2 heterocycles. The van der Waals surface area contributed by atoms with Crippen LogP contribution in [0.25, 0.3) is 0 Å². The number of rotatable bonds is 6. The van der Waals surface area contributed by atoms with Gasteiger partial charge in [-0.1, -0.05) is 18.2 Å². The lowest BCUT2D eigenvalue weighted by Gasteiger charge is -2.33. The van der Waals surface area contributed by atoms with Crippen LogP contribution in [0.15, 0.2) is 42.5 Å². The van der Waals surface area contributed by atoms with Gasteiger partial charge in [-0.3, -0.25) is 9.59 Å². The van der Waals surface area contributed by atoms with Crippen LogP contribution in [0.4, 0.5) is 15.8 Å². The van der Waals surface area contributed by atoms with Crippen LogP contribution in [0, 0.1) is 5.82 Å². The van der Waals surface area contributed by atoms with Gasteiger partial charge in [0.1, 0.15) is 11.9 Å².